The zero-order valence-electron chi connectivity index (χ0n) is 6.71. The normalized spacial score (nSPS) is 39.2. The molecule has 0 saturated heterocycles. The first-order chi connectivity index (χ1) is 5.08. The van der Waals surface area contributed by atoms with Gasteiger partial charge in [0.15, 0.2) is 5.78 Å². The van der Waals surface area contributed by atoms with Gasteiger partial charge in [0.25, 0.3) is 0 Å². The van der Waals surface area contributed by atoms with Crippen LogP contribution in [0.15, 0.2) is 0 Å². The number of rotatable bonds is 1. The highest BCUT2D eigenvalue weighted by molar-refractivity contribution is 5.87. The quantitative estimate of drug-likeness (QED) is 0.569. The van der Waals surface area contributed by atoms with E-state index in [2.05, 4.69) is 0 Å². The average molecular weight is 158 g/mol. The van der Waals surface area contributed by atoms with Crippen molar-refractivity contribution >= 4 is 5.78 Å². The topological polar surface area (TPSA) is 57.5 Å². The van der Waals surface area contributed by atoms with E-state index >= 15 is 0 Å². The van der Waals surface area contributed by atoms with Crippen LogP contribution in [-0.4, -0.2) is 28.2 Å². The molecule has 2 atom stereocenters. The minimum Gasteiger partial charge on any atom is -0.393 e. The van der Waals surface area contributed by atoms with E-state index in [4.69, 9.17) is 5.11 Å². The number of aliphatic hydroxyl groups excluding tert-OH is 1. The molecule has 1 rings (SSSR count). The molecule has 0 aromatic carbocycles. The maximum absolute atomic E-state index is 11.1. The van der Waals surface area contributed by atoms with Crippen molar-refractivity contribution in [3.8, 4) is 0 Å². The summed E-state index contributed by atoms with van der Waals surface area (Å²) in [6.07, 6.45) is 1.64. The Morgan fingerprint density at radius 2 is 2.36 bits per heavy atom. The van der Waals surface area contributed by atoms with E-state index < -0.39 is 12.2 Å². The monoisotopic (exact) mass is 158 g/mol. The van der Waals surface area contributed by atoms with E-state index in [1.165, 1.54) is 0 Å². The summed E-state index contributed by atoms with van der Waals surface area (Å²) in [5.41, 5.74) is -1.43. The molecule has 0 bridgehead atoms. The largest absolute Gasteiger partial charge is 0.393 e. The van der Waals surface area contributed by atoms with Crippen LogP contribution in [0.5, 0.6) is 0 Å². The molecule has 64 valence electrons. The second-order valence-electron chi connectivity index (χ2n) is 3.46. The minimum atomic E-state index is -1.43. The lowest BCUT2D eigenvalue weighted by atomic mass is 9.78. The smallest absolute Gasteiger partial charge is 0.166 e. The Morgan fingerprint density at radius 1 is 1.73 bits per heavy atom. The first-order valence-electron chi connectivity index (χ1n) is 3.95. The van der Waals surface area contributed by atoms with Gasteiger partial charge in [0.05, 0.1) is 6.61 Å². The molecular formula is C8H14O3. The lowest BCUT2D eigenvalue weighted by Gasteiger charge is -2.32. The van der Waals surface area contributed by atoms with Gasteiger partial charge < -0.3 is 10.2 Å². The van der Waals surface area contributed by atoms with Crippen LogP contribution in [0.3, 0.4) is 0 Å². The van der Waals surface area contributed by atoms with Crippen molar-refractivity contribution in [2.45, 2.75) is 31.8 Å². The maximum atomic E-state index is 11.1. The zero-order chi connectivity index (χ0) is 8.48. The Hall–Kier alpha value is -0.410. The molecule has 11 heavy (non-hydrogen) atoms. The van der Waals surface area contributed by atoms with Crippen molar-refractivity contribution in [3.63, 3.8) is 0 Å². The summed E-state index contributed by atoms with van der Waals surface area (Å²) in [6, 6.07) is 0. The van der Waals surface area contributed by atoms with Crippen molar-refractivity contribution < 1.29 is 15.0 Å². The fourth-order valence-electron chi connectivity index (χ4n) is 1.56. The van der Waals surface area contributed by atoms with Gasteiger partial charge in [-0.1, -0.05) is 6.92 Å². The molecule has 0 heterocycles. The molecular weight excluding hydrogens is 144 g/mol. The maximum Gasteiger partial charge on any atom is 0.166 e. The van der Waals surface area contributed by atoms with Crippen LogP contribution in [0.25, 0.3) is 0 Å². The molecule has 0 spiro atoms. The van der Waals surface area contributed by atoms with Gasteiger partial charge >= 0.3 is 0 Å². The van der Waals surface area contributed by atoms with Gasteiger partial charge in [-0.3, -0.25) is 4.79 Å². The van der Waals surface area contributed by atoms with Gasteiger partial charge in [0.1, 0.15) is 5.60 Å². The van der Waals surface area contributed by atoms with Crippen LogP contribution in [0.1, 0.15) is 26.2 Å². The molecule has 3 heteroatoms. The molecule has 0 aromatic heterocycles. The third-order valence-corrected chi connectivity index (χ3v) is 2.33. The molecule has 1 aliphatic rings. The number of Topliss-reactive ketones (excluding diaryl/α,β-unsaturated/α-hetero) is 1. The number of carbonyl (C=O) groups excluding carboxylic acids is 1. The summed E-state index contributed by atoms with van der Waals surface area (Å²) in [4.78, 5) is 11.1. The molecule has 1 aliphatic carbocycles. The second kappa shape index (κ2) is 2.91. The summed E-state index contributed by atoms with van der Waals surface area (Å²) in [6.45, 7) is 1.54. The molecule has 1 fully saturated rings. The fraction of sp³-hybridized carbons (Fsp3) is 0.875. The van der Waals surface area contributed by atoms with Crippen LogP contribution < -0.4 is 0 Å². The predicted molar refractivity (Wildman–Crippen MR) is 40.1 cm³/mol. The van der Waals surface area contributed by atoms with Crippen LogP contribution in [0.2, 0.25) is 0 Å². The number of ketones is 1. The standard InChI is InChI=1S/C8H14O3/c1-6-2-3-7(10)8(11,4-6)5-9/h6,9,11H,2-5H2,1H3. The summed E-state index contributed by atoms with van der Waals surface area (Å²) >= 11 is 0. The Labute approximate surface area is 66.0 Å². The molecule has 2 unspecified atom stereocenters. The van der Waals surface area contributed by atoms with Crippen LogP contribution in [-0.2, 0) is 4.79 Å². The first kappa shape index (κ1) is 8.68. The van der Waals surface area contributed by atoms with Gasteiger partial charge in [-0.15, -0.1) is 0 Å². The minimum absolute atomic E-state index is 0.210. The van der Waals surface area contributed by atoms with Gasteiger partial charge in [-0.25, -0.2) is 0 Å². The fourth-order valence-corrected chi connectivity index (χ4v) is 1.56. The number of aliphatic hydroxyl groups is 2. The number of hydrogen-bond donors (Lipinski definition) is 2. The highest BCUT2D eigenvalue weighted by Crippen LogP contribution is 2.28. The van der Waals surface area contributed by atoms with Crippen LogP contribution in [0, 0.1) is 5.92 Å². The highest BCUT2D eigenvalue weighted by Gasteiger charge is 2.39. The van der Waals surface area contributed by atoms with E-state index in [0.29, 0.717) is 18.8 Å². The van der Waals surface area contributed by atoms with Crippen LogP contribution in [0.4, 0.5) is 0 Å². The molecule has 3 nitrogen and oxygen atoms in total. The Bertz CT molecular complexity index is 167. The molecule has 0 aromatic rings. The van der Waals surface area contributed by atoms with Crippen molar-refractivity contribution in [3.05, 3.63) is 0 Å². The van der Waals surface area contributed by atoms with E-state index in [1.807, 2.05) is 6.92 Å². The third kappa shape index (κ3) is 1.60. The highest BCUT2D eigenvalue weighted by atomic mass is 16.3. The molecule has 0 radical (unpaired) electrons. The Balaban J connectivity index is 2.68. The SMILES string of the molecule is CC1CCC(=O)C(O)(CO)C1. The van der Waals surface area contributed by atoms with Gasteiger partial charge in [0.2, 0.25) is 0 Å². The van der Waals surface area contributed by atoms with Crippen LogP contribution >= 0.6 is 0 Å². The summed E-state index contributed by atoms with van der Waals surface area (Å²) in [5, 5.41) is 18.3. The second-order valence-corrected chi connectivity index (χ2v) is 3.46. The lowest BCUT2D eigenvalue weighted by Crippen LogP contribution is -2.46. The number of hydrogen-bond acceptors (Lipinski definition) is 3. The Morgan fingerprint density at radius 3 is 2.82 bits per heavy atom. The average Bonchev–Trinajstić information content (AvgIpc) is 1.98. The Kier molecular flexibility index (Phi) is 2.30. The van der Waals surface area contributed by atoms with Gasteiger partial charge in [-0.05, 0) is 18.8 Å². The van der Waals surface area contributed by atoms with Crippen molar-refractivity contribution in [2.75, 3.05) is 6.61 Å². The predicted octanol–water partition coefficient (Wildman–Crippen LogP) is 0.0989. The first-order valence-corrected chi connectivity index (χ1v) is 3.95. The zero-order valence-corrected chi connectivity index (χ0v) is 6.71. The molecule has 1 saturated carbocycles. The van der Waals surface area contributed by atoms with Crippen molar-refractivity contribution in [1.29, 1.82) is 0 Å². The third-order valence-electron chi connectivity index (χ3n) is 2.33. The van der Waals surface area contributed by atoms with Gasteiger partial charge in [-0.2, -0.15) is 0 Å². The lowest BCUT2D eigenvalue weighted by molar-refractivity contribution is -0.147. The summed E-state index contributed by atoms with van der Waals surface area (Å²) in [7, 11) is 0. The van der Waals surface area contributed by atoms with E-state index in [0.717, 1.165) is 6.42 Å². The summed E-state index contributed by atoms with van der Waals surface area (Å²) < 4.78 is 0. The van der Waals surface area contributed by atoms with Crippen molar-refractivity contribution in [2.24, 2.45) is 5.92 Å². The van der Waals surface area contributed by atoms with Crippen molar-refractivity contribution in [1.82, 2.24) is 0 Å². The van der Waals surface area contributed by atoms with Gasteiger partial charge in [0, 0.05) is 6.42 Å². The summed E-state index contributed by atoms with van der Waals surface area (Å²) in [5.74, 6) is 0.128. The molecule has 0 aliphatic heterocycles. The van der Waals surface area contributed by atoms with E-state index in [1.54, 1.807) is 0 Å². The van der Waals surface area contributed by atoms with E-state index in [-0.39, 0.29) is 5.78 Å². The molecule has 0 amide bonds. The molecule has 2 N–H and O–H groups in total. The number of carbonyl (C=O) groups is 1. The van der Waals surface area contributed by atoms with E-state index in [9.17, 15) is 9.90 Å².